The number of imidazole rings is 1. The standard InChI is InChI=1S/C25H29ClN4O3/c1-2-21-23(30-17-19(26)6-9-22(30)28-21)24(31)27-16-18-4-7-20(8-5-18)29-12-10-25(11-13-29)32-14-3-15-33-25/h4-9,17H,2-3,10-16H2,1H3,(H,27,31). The van der Waals surface area contributed by atoms with Crippen molar-refractivity contribution in [2.45, 2.75) is 44.9 Å². The van der Waals surface area contributed by atoms with E-state index in [1.54, 1.807) is 16.7 Å². The van der Waals surface area contributed by atoms with Crippen molar-refractivity contribution < 1.29 is 14.3 Å². The zero-order valence-corrected chi connectivity index (χ0v) is 19.6. The average Bonchev–Trinajstić information content (AvgIpc) is 3.22. The molecule has 2 aliphatic rings. The number of anilines is 1. The number of fused-ring (bicyclic) bond motifs is 1. The highest BCUT2D eigenvalue weighted by molar-refractivity contribution is 6.30. The number of aryl methyl sites for hydroxylation is 1. The van der Waals surface area contributed by atoms with Crippen LogP contribution in [0.25, 0.3) is 5.65 Å². The third kappa shape index (κ3) is 4.58. The van der Waals surface area contributed by atoms with Gasteiger partial charge in [-0.1, -0.05) is 30.7 Å². The first-order chi connectivity index (χ1) is 16.1. The zero-order valence-electron chi connectivity index (χ0n) is 18.8. The number of hydrogen-bond donors (Lipinski definition) is 1. The molecule has 0 bridgehead atoms. The third-order valence-electron chi connectivity index (χ3n) is 6.50. The van der Waals surface area contributed by atoms with E-state index in [-0.39, 0.29) is 11.7 Å². The van der Waals surface area contributed by atoms with Gasteiger partial charge in [-0.05, 0) is 42.7 Å². The van der Waals surface area contributed by atoms with Crippen molar-refractivity contribution in [2.24, 2.45) is 0 Å². The lowest BCUT2D eigenvalue weighted by atomic mass is 10.0. The number of hydrogen-bond acceptors (Lipinski definition) is 5. The van der Waals surface area contributed by atoms with Gasteiger partial charge in [-0.3, -0.25) is 9.20 Å². The Morgan fingerprint density at radius 2 is 1.85 bits per heavy atom. The largest absolute Gasteiger partial charge is 0.371 e. The molecule has 3 aromatic rings. The molecule has 2 saturated heterocycles. The fourth-order valence-electron chi connectivity index (χ4n) is 4.66. The predicted octanol–water partition coefficient (Wildman–Crippen LogP) is 4.21. The molecular formula is C25H29ClN4O3. The fourth-order valence-corrected chi connectivity index (χ4v) is 4.82. The summed E-state index contributed by atoms with van der Waals surface area (Å²) in [6.07, 6.45) is 5.15. The van der Waals surface area contributed by atoms with Gasteiger partial charge in [0.1, 0.15) is 11.3 Å². The summed E-state index contributed by atoms with van der Waals surface area (Å²) in [6.45, 7) is 5.85. The van der Waals surface area contributed by atoms with E-state index < -0.39 is 0 Å². The molecule has 0 radical (unpaired) electrons. The van der Waals surface area contributed by atoms with E-state index in [1.165, 1.54) is 5.69 Å². The van der Waals surface area contributed by atoms with Gasteiger partial charge in [0.25, 0.3) is 5.91 Å². The number of nitrogens with zero attached hydrogens (tertiary/aromatic N) is 3. The number of piperidine rings is 1. The molecule has 7 nitrogen and oxygen atoms in total. The molecule has 2 aromatic heterocycles. The van der Waals surface area contributed by atoms with Crippen LogP contribution in [0.4, 0.5) is 5.69 Å². The molecule has 33 heavy (non-hydrogen) atoms. The fraction of sp³-hybridized carbons (Fsp3) is 0.440. The minimum Gasteiger partial charge on any atom is -0.371 e. The van der Waals surface area contributed by atoms with E-state index in [2.05, 4.69) is 39.5 Å². The van der Waals surface area contributed by atoms with Crippen LogP contribution in [0.1, 0.15) is 47.9 Å². The van der Waals surface area contributed by atoms with Crippen LogP contribution in [0, 0.1) is 0 Å². The van der Waals surface area contributed by atoms with Crippen molar-refractivity contribution in [1.29, 1.82) is 0 Å². The Balaban J connectivity index is 1.21. The Labute approximate surface area is 198 Å². The number of ether oxygens (including phenoxy) is 2. The molecule has 2 aliphatic heterocycles. The summed E-state index contributed by atoms with van der Waals surface area (Å²) in [5.74, 6) is -0.530. The van der Waals surface area contributed by atoms with Crippen LogP contribution in [-0.4, -0.2) is 47.4 Å². The first-order valence-corrected chi connectivity index (χ1v) is 12.0. The number of amides is 1. The molecular weight excluding hydrogens is 440 g/mol. The Bertz CT molecular complexity index is 1130. The lowest BCUT2D eigenvalue weighted by Gasteiger charge is -2.44. The van der Waals surface area contributed by atoms with Gasteiger partial charge < -0.3 is 19.7 Å². The van der Waals surface area contributed by atoms with Crippen LogP contribution in [0.2, 0.25) is 5.02 Å². The molecule has 1 spiro atoms. The minimum atomic E-state index is -0.377. The van der Waals surface area contributed by atoms with Crippen molar-refractivity contribution in [2.75, 3.05) is 31.2 Å². The van der Waals surface area contributed by atoms with Crippen LogP contribution in [0.3, 0.4) is 0 Å². The summed E-state index contributed by atoms with van der Waals surface area (Å²) >= 11 is 6.14. The molecule has 0 saturated carbocycles. The van der Waals surface area contributed by atoms with Gasteiger partial charge in [0.2, 0.25) is 0 Å². The van der Waals surface area contributed by atoms with Crippen molar-refractivity contribution in [3.8, 4) is 0 Å². The Morgan fingerprint density at radius 3 is 2.55 bits per heavy atom. The van der Waals surface area contributed by atoms with Gasteiger partial charge in [-0.25, -0.2) is 4.98 Å². The lowest BCUT2D eigenvalue weighted by Crippen LogP contribution is -2.50. The minimum absolute atomic E-state index is 0.153. The van der Waals surface area contributed by atoms with E-state index in [4.69, 9.17) is 21.1 Å². The lowest BCUT2D eigenvalue weighted by molar-refractivity contribution is -0.275. The van der Waals surface area contributed by atoms with Gasteiger partial charge in [0, 0.05) is 44.4 Å². The molecule has 1 amide bonds. The number of pyridine rings is 1. The van der Waals surface area contributed by atoms with Gasteiger partial charge >= 0.3 is 0 Å². The summed E-state index contributed by atoms with van der Waals surface area (Å²) in [5.41, 5.74) is 4.25. The van der Waals surface area contributed by atoms with Gasteiger partial charge in [-0.2, -0.15) is 0 Å². The topological polar surface area (TPSA) is 68.1 Å². The smallest absolute Gasteiger partial charge is 0.270 e. The highest BCUT2D eigenvalue weighted by Crippen LogP contribution is 2.32. The van der Waals surface area contributed by atoms with Crippen LogP contribution in [0.5, 0.6) is 0 Å². The highest BCUT2D eigenvalue weighted by Gasteiger charge is 2.38. The molecule has 5 rings (SSSR count). The van der Waals surface area contributed by atoms with E-state index in [9.17, 15) is 4.79 Å². The van der Waals surface area contributed by atoms with Gasteiger partial charge in [0.15, 0.2) is 5.79 Å². The molecule has 2 fully saturated rings. The molecule has 0 atom stereocenters. The first kappa shape index (κ1) is 22.2. The maximum atomic E-state index is 13.0. The van der Waals surface area contributed by atoms with Crippen LogP contribution >= 0.6 is 11.6 Å². The Hall–Kier alpha value is -2.61. The summed E-state index contributed by atoms with van der Waals surface area (Å²) in [6, 6.07) is 12.0. The maximum Gasteiger partial charge on any atom is 0.270 e. The second kappa shape index (κ2) is 9.33. The quantitative estimate of drug-likeness (QED) is 0.607. The van der Waals surface area contributed by atoms with Gasteiger partial charge in [0.05, 0.1) is 23.9 Å². The van der Waals surface area contributed by atoms with E-state index >= 15 is 0 Å². The number of halogens is 1. The van der Waals surface area contributed by atoms with Crippen molar-refractivity contribution >= 4 is 28.8 Å². The third-order valence-corrected chi connectivity index (χ3v) is 6.73. The maximum absolute atomic E-state index is 13.0. The second-order valence-electron chi connectivity index (χ2n) is 8.63. The van der Waals surface area contributed by atoms with Crippen LogP contribution in [-0.2, 0) is 22.4 Å². The zero-order chi connectivity index (χ0) is 22.8. The number of rotatable bonds is 5. The Kier molecular flexibility index (Phi) is 6.27. The molecule has 1 aromatic carbocycles. The Morgan fingerprint density at radius 1 is 1.12 bits per heavy atom. The number of benzene rings is 1. The summed E-state index contributed by atoms with van der Waals surface area (Å²) in [4.78, 5) is 19.9. The van der Waals surface area contributed by atoms with Crippen LogP contribution < -0.4 is 10.2 Å². The molecule has 0 aliphatic carbocycles. The predicted molar refractivity (Wildman–Crippen MR) is 128 cm³/mol. The SMILES string of the molecule is CCc1nc2ccc(Cl)cn2c1C(=O)NCc1ccc(N2CCC3(CC2)OCCCO3)cc1. The number of carbonyl (C=O) groups is 1. The van der Waals surface area contributed by atoms with Crippen molar-refractivity contribution in [1.82, 2.24) is 14.7 Å². The molecule has 8 heteroatoms. The van der Waals surface area contributed by atoms with Crippen molar-refractivity contribution in [3.05, 3.63) is 64.6 Å². The number of aromatic nitrogens is 2. The molecule has 174 valence electrons. The van der Waals surface area contributed by atoms with E-state index in [0.29, 0.717) is 23.7 Å². The van der Waals surface area contributed by atoms with Crippen molar-refractivity contribution in [3.63, 3.8) is 0 Å². The van der Waals surface area contributed by atoms with E-state index in [0.717, 1.165) is 62.5 Å². The second-order valence-corrected chi connectivity index (χ2v) is 9.07. The van der Waals surface area contributed by atoms with E-state index in [1.807, 2.05) is 13.0 Å². The van der Waals surface area contributed by atoms with Gasteiger partial charge in [-0.15, -0.1) is 0 Å². The molecule has 0 unspecified atom stereocenters. The van der Waals surface area contributed by atoms with Crippen LogP contribution in [0.15, 0.2) is 42.6 Å². The highest BCUT2D eigenvalue weighted by atomic mass is 35.5. The normalized spacial score (nSPS) is 18.1. The first-order valence-electron chi connectivity index (χ1n) is 11.6. The average molecular weight is 469 g/mol. The number of nitrogens with one attached hydrogen (secondary N) is 1. The summed E-state index contributed by atoms with van der Waals surface area (Å²) < 4.78 is 13.7. The summed E-state index contributed by atoms with van der Waals surface area (Å²) in [7, 11) is 0. The monoisotopic (exact) mass is 468 g/mol. The summed E-state index contributed by atoms with van der Waals surface area (Å²) in [5, 5.41) is 3.60. The number of carbonyl (C=O) groups excluding carboxylic acids is 1. The molecule has 1 N–H and O–H groups in total. The molecule has 4 heterocycles.